The number of methoxy groups -OCH3 is 1. The van der Waals surface area contributed by atoms with E-state index < -0.39 is 0 Å². The van der Waals surface area contributed by atoms with Crippen molar-refractivity contribution in [1.29, 1.82) is 0 Å². The van der Waals surface area contributed by atoms with Crippen molar-refractivity contribution in [3.05, 3.63) is 58.4 Å². The van der Waals surface area contributed by atoms with E-state index in [1.165, 1.54) is 0 Å². The summed E-state index contributed by atoms with van der Waals surface area (Å²) >= 11 is 6.28. The lowest BCUT2D eigenvalue weighted by molar-refractivity contribution is 0.414. The van der Waals surface area contributed by atoms with Crippen molar-refractivity contribution in [2.45, 2.75) is 26.8 Å². The summed E-state index contributed by atoms with van der Waals surface area (Å²) in [4.78, 5) is 9.05. The third-order valence-corrected chi connectivity index (χ3v) is 3.99. The highest BCUT2D eigenvalue weighted by Gasteiger charge is 2.04. The highest BCUT2D eigenvalue weighted by atomic mass is 127. The van der Waals surface area contributed by atoms with Gasteiger partial charge in [0.2, 0.25) is 0 Å². The van der Waals surface area contributed by atoms with Crippen LogP contribution in [0.3, 0.4) is 0 Å². The Kier molecular flexibility index (Phi) is 10.3. The number of benzene rings is 1. The molecule has 1 aromatic carbocycles. The maximum Gasteiger partial charge on any atom is 0.191 e. The summed E-state index contributed by atoms with van der Waals surface area (Å²) in [5, 5.41) is 7.29. The lowest BCUT2D eigenvalue weighted by atomic mass is 10.1. The predicted octanol–water partition coefficient (Wildman–Crippen LogP) is 3.97. The van der Waals surface area contributed by atoms with Crippen LogP contribution < -0.4 is 15.4 Å². The summed E-state index contributed by atoms with van der Waals surface area (Å²) in [6.45, 7) is 6.10. The molecule has 0 saturated carbocycles. The Bertz CT molecular complexity index is 724. The average molecular weight is 489 g/mol. The largest absolute Gasteiger partial charge is 0.497 e. The second-order valence-electron chi connectivity index (χ2n) is 5.60. The van der Waals surface area contributed by atoms with Gasteiger partial charge < -0.3 is 15.4 Å². The van der Waals surface area contributed by atoms with E-state index in [4.69, 9.17) is 16.3 Å². The molecule has 0 aliphatic carbocycles. The van der Waals surface area contributed by atoms with Gasteiger partial charge in [-0.2, -0.15) is 0 Å². The third kappa shape index (κ3) is 7.37. The Hall–Kier alpha value is -1.54. The highest BCUT2D eigenvalue weighted by molar-refractivity contribution is 14.0. The molecule has 2 aromatic rings. The lowest BCUT2D eigenvalue weighted by Crippen LogP contribution is -2.38. The zero-order valence-electron chi connectivity index (χ0n) is 15.4. The zero-order chi connectivity index (χ0) is 18.1. The van der Waals surface area contributed by atoms with E-state index in [0.717, 1.165) is 48.2 Å². The second kappa shape index (κ2) is 12.0. The molecule has 7 heteroatoms. The molecule has 0 fully saturated rings. The van der Waals surface area contributed by atoms with Crippen LogP contribution in [-0.4, -0.2) is 31.1 Å². The van der Waals surface area contributed by atoms with E-state index in [1.807, 2.05) is 50.2 Å². The summed E-state index contributed by atoms with van der Waals surface area (Å²) in [6, 6.07) is 11.7. The first-order chi connectivity index (χ1) is 12.1. The van der Waals surface area contributed by atoms with Crippen molar-refractivity contribution in [2.75, 3.05) is 20.2 Å². The molecular formula is C19H26ClIN4O. The molecule has 1 aromatic heterocycles. The molecule has 26 heavy (non-hydrogen) atoms. The summed E-state index contributed by atoms with van der Waals surface area (Å²) in [5.74, 6) is 1.54. The molecule has 2 rings (SSSR count). The molecule has 142 valence electrons. The Morgan fingerprint density at radius 3 is 2.69 bits per heavy atom. The molecule has 0 saturated heterocycles. The van der Waals surface area contributed by atoms with Gasteiger partial charge >= 0.3 is 0 Å². The molecule has 1 heterocycles. The molecule has 0 bridgehead atoms. The van der Waals surface area contributed by atoms with E-state index in [1.54, 1.807) is 7.11 Å². The average Bonchev–Trinajstić information content (AvgIpc) is 2.61. The number of pyridine rings is 1. The number of rotatable bonds is 7. The molecule has 0 atom stereocenters. The second-order valence-corrected chi connectivity index (χ2v) is 6.01. The van der Waals surface area contributed by atoms with E-state index in [0.29, 0.717) is 11.6 Å². The third-order valence-electron chi connectivity index (χ3n) is 3.64. The molecular weight excluding hydrogens is 463 g/mol. The van der Waals surface area contributed by atoms with Crippen LogP contribution in [0.4, 0.5) is 0 Å². The fourth-order valence-electron chi connectivity index (χ4n) is 2.36. The van der Waals surface area contributed by atoms with Crippen LogP contribution in [-0.2, 0) is 13.0 Å². The van der Waals surface area contributed by atoms with Gasteiger partial charge in [0, 0.05) is 23.8 Å². The predicted molar refractivity (Wildman–Crippen MR) is 119 cm³/mol. The number of nitrogens with zero attached hydrogens (tertiary/aromatic N) is 2. The topological polar surface area (TPSA) is 58.5 Å². The number of nitrogens with one attached hydrogen (secondary N) is 2. The smallest absolute Gasteiger partial charge is 0.191 e. The summed E-state index contributed by atoms with van der Waals surface area (Å²) in [7, 11) is 1.63. The van der Waals surface area contributed by atoms with Crippen molar-refractivity contribution >= 4 is 41.5 Å². The minimum absolute atomic E-state index is 0. The van der Waals surface area contributed by atoms with Gasteiger partial charge in [-0.15, -0.1) is 24.0 Å². The van der Waals surface area contributed by atoms with Crippen LogP contribution in [0.1, 0.15) is 23.9 Å². The van der Waals surface area contributed by atoms with Crippen LogP contribution in [0.15, 0.2) is 41.4 Å². The van der Waals surface area contributed by atoms with Crippen LogP contribution in [0.25, 0.3) is 0 Å². The monoisotopic (exact) mass is 488 g/mol. The van der Waals surface area contributed by atoms with Gasteiger partial charge in [-0.3, -0.25) is 4.98 Å². The van der Waals surface area contributed by atoms with Crippen LogP contribution in [0, 0.1) is 6.92 Å². The first kappa shape index (κ1) is 22.5. The number of aryl methyl sites for hydroxylation is 1. The van der Waals surface area contributed by atoms with Crippen molar-refractivity contribution in [3.8, 4) is 5.75 Å². The zero-order valence-corrected chi connectivity index (χ0v) is 18.5. The number of halogens is 2. The molecule has 0 aliphatic rings. The molecule has 0 unspecified atom stereocenters. The van der Waals surface area contributed by atoms with Gasteiger partial charge in [0.25, 0.3) is 0 Å². The number of aromatic nitrogens is 1. The van der Waals surface area contributed by atoms with E-state index in [-0.39, 0.29) is 24.0 Å². The highest BCUT2D eigenvalue weighted by Crippen LogP contribution is 2.22. The van der Waals surface area contributed by atoms with E-state index >= 15 is 0 Å². The Balaban J connectivity index is 0.00000338. The molecule has 0 spiro atoms. The minimum atomic E-state index is 0. The standard InChI is InChI=1S/C19H25ClN4O.HI/c1-4-21-19(23-13-16-7-5-6-14(2)24-16)22-11-10-15-8-9-17(25-3)12-18(15)20;/h5-9,12H,4,10-11,13H2,1-3H3,(H2,21,22,23);1H. The molecule has 0 aliphatic heterocycles. The van der Waals surface area contributed by atoms with Gasteiger partial charge in [-0.05, 0) is 50.1 Å². The SMILES string of the molecule is CCNC(=NCc1cccc(C)n1)NCCc1ccc(OC)cc1Cl.I. The normalized spacial score (nSPS) is 10.8. The number of guanidine groups is 1. The number of aliphatic imine (C=N–C) groups is 1. The minimum Gasteiger partial charge on any atom is -0.497 e. The van der Waals surface area contributed by atoms with Crippen molar-refractivity contribution in [3.63, 3.8) is 0 Å². The van der Waals surface area contributed by atoms with Gasteiger partial charge in [-0.1, -0.05) is 23.7 Å². The summed E-state index contributed by atoms with van der Waals surface area (Å²) in [6.07, 6.45) is 0.802. The first-order valence-corrected chi connectivity index (χ1v) is 8.77. The quantitative estimate of drug-likeness (QED) is 0.352. The molecule has 0 amide bonds. The maximum absolute atomic E-state index is 6.28. The Morgan fingerprint density at radius 2 is 2.04 bits per heavy atom. The number of ether oxygens (including phenoxy) is 1. The van der Waals surface area contributed by atoms with Gasteiger partial charge in [-0.25, -0.2) is 4.99 Å². The van der Waals surface area contributed by atoms with Gasteiger partial charge in [0.1, 0.15) is 5.75 Å². The number of hydrogen-bond acceptors (Lipinski definition) is 3. The van der Waals surface area contributed by atoms with Gasteiger partial charge in [0.05, 0.1) is 19.3 Å². The fourth-order valence-corrected chi connectivity index (χ4v) is 2.63. The van der Waals surface area contributed by atoms with Crippen molar-refractivity contribution in [2.24, 2.45) is 4.99 Å². The van der Waals surface area contributed by atoms with Crippen molar-refractivity contribution in [1.82, 2.24) is 15.6 Å². The van der Waals surface area contributed by atoms with Crippen LogP contribution in [0.5, 0.6) is 5.75 Å². The van der Waals surface area contributed by atoms with Gasteiger partial charge in [0.15, 0.2) is 5.96 Å². The van der Waals surface area contributed by atoms with Crippen LogP contribution in [0.2, 0.25) is 5.02 Å². The van der Waals surface area contributed by atoms with Crippen LogP contribution >= 0.6 is 35.6 Å². The maximum atomic E-state index is 6.28. The Labute approximate surface area is 177 Å². The summed E-state index contributed by atoms with van der Waals surface area (Å²) < 4.78 is 5.17. The molecule has 2 N–H and O–H groups in total. The number of hydrogen-bond donors (Lipinski definition) is 2. The summed E-state index contributed by atoms with van der Waals surface area (Å²) in [5.41, 5.74) is 3.03. The molecule has 5 nitrogen and oxygen atoms in total. The van der Waals surface area contributed by atoms with E-state index in [9.17, 15) is 0 Å². The lowest BCUT2D eigenvalue weighted by Gasteiger charge is -2.12. The van der Waals surface area contributed by atoms with Crippen molar-refractivity contribution < 1.29 is 4.74 Å². The van der Waals surface area contributed by atoms with E-state index in [2.05, 4.69) is 20.6 Å². The first-order valence-electron chi connectivity index (χ1n) is 8.39. The fraction of sp³-hybridized carbons (Fsp3) is 0.368. The molecule has 0 radical (unpaired) electrons. The Morgan fingerprint density at radius 1 is 1.23 bits per heavy atom.